The van der Waals surface area contributed by atoms with Gasteiger partial charge in [-0.05, 0) is 87.1 Å². The van der Waals surface area contributed by atoms with Crippen molar-refractivity contribution >= 4 is 45.2 Å². The summed E-state index contributed by atoms with van der Waals surface area (Å²) in [6.45, 7) is 10.2. The molecule has 2 aromatic heterocycles. The minimum absolute atomic E-state index is 0.106. The molecule has 4 aromatic rings. The number of aromatic nitrogens is 2. The first-order valence-electron chi connectivity index (χ1n) is 18.7. The van der Waals surface area contributed by atoms with E-state index < -0.39 is 57.1 Å². The Morgan fingerprint density at radius 3 is 2.20 bits per heavy atom. The Bertz CT molecular complexity index is 2270. The number of benzene rings is 2. The Morgan fingerprint density at radius 2 is 1.54 bits per heavy atom. The number of hydrogen-bond acceptors (Lipinski definition) is 11. The van der Waals surface area contributed by atoms with Gasteiger partial charge in [0.1, 0.15) is 47.3 Å². The van der Waals surface area contributed by atoms with E-state index in [0.717, 1.165) is 17.8 Å². The molecule has 0 saturated carbocycles. The number of pyridine rings is 2. The molecule has 0 aliphatic carbocycles. The van der Waals surface area contributed by atoms with Gasteiger partial charge in [0.25, 0.3) is 0 Å². The lowest BCUT2D eigenvalue weighted by Gasteiger charge is -2.26. The van der Waals surface area contributed by atoms with Gasteiger partial charge in [0.2, 0.25) is 5.91 Å². The van der Waals surface area contributed by atoms with Crippen LogP contribution in [0.4, 0.5) is 30.0 Å². The molecular formula is C42H50F2N6O8S. The van der Waals surface area contributed by atoms with E-state index in [9.17, 15) is 32.2 Å². The number of halogens is 2. The number of methoxy groups -OCH3 is 1. The molecule has 0 aliphatic rings. The minimum Gasteiger partial charge on any atom is -0.496 e. The smallest absolute Gasteiger partial charge is 0.442 e. The van der Waals surface area contributed by atoms with Gasteiger partial charge in [-0.2, -0.15) is 0 Å². The topological polar surface area (TPSA) is 187 Å². The van der Waals surface area contributed by atoms with Crippen LogP contribution in [0, 0.1) is 17.6 Å². The van der Waals surface area contributed by atoms with Crippen molar-refractivity contribution in [3.8, 4) is 16.9 Å². The summed E-state index contributed by atoms with van der Waals surface area (Å²) in [4.78, 5) is 58.9. The van der Waals surface area contributed by atoms with E-state index in [1.807, 2.05) is 0 Å². The summed E-state index contributed by atoms with van der Waals surface area (Å²) < 4.78 is 61.4. The predicted octanol–water partition coefficient (Wildman–Crippen LogP) is 7.66. The number of carbonyl (C=O) groups is 4. The van der Waals surface area contributed by atoms with Gasteiger partial charge < -0.3 is 30.2 Å². The van der Waals surface area contributed by atoms with Gasteiger partial charge in [-0.15, -0.1) is 4.36 Å². The van der Waals surface area contributed by atoms with Crippen LogP contribution in [0.3, 0.4) is 0 Å². The molecule has 59 heavy (non-hydrogen) atoms. The Hall–Kier alpha value is -5.97. The molecule has 2 aromatic carbocycles. The van der Waals surface area contributed by atoms with Crippen LogP contribution in [-0.2, 0) is 47.6 Å². The molecule has 0 spiro atoms. The number of alkyl carbamates (subject to hydrolysis) is 1. The van der Waals surface area contributed by atoms with Gasteiger partial charge in [-0.25, -0.2) is 32.5 Å². The first kappa shape index (κ1) is 45.7. The fraction of sp³-hybridized carbons (Fsp3) is 0.381. The second-order valence-electron chi connectivity index (χ2n) is 15.2. The van der Waals surface area contributed by atoms with E-state index in [-0.39, 0.29) is 47.6 Å². The second-order valence-corrected chi connectivity index (χ2v) is 17.6. The molecule has 0 radical (unpaired) electrons. The number of ether oxygens (including phenoxy) is 3. The number of nitrogens with zero attached hydrogens (tertiary/aromatic N) is 3. The zero-order valence-corrected chi connectivity index (χ0v) is 35.1. The van der Waals surface area contributed by atoms with Gasteiger partial charge in [-0.3, -0.25) is 9.59 Å². The number of Topliss-reactive ketones (excluding diaryl/α,β-unsaturated/α-hetero) is 1. The third-order valence-corrected chi connectivity index (χ3v) is 10.0. The van der Waals surface area contributed by atoms with Crippen LogP contribution >= 0.6 is 0 Å². The Morgan fingerprint density at radius 1 is 0.864 bits per heavy atom. The highest BCUT2D eigenvalue weighted by molar-refractivity contribution is 7.92. The molecule has 0 saturated heterocycles. The van der Waals surface area contributed by atoms with Crippen LogP contribution in [0.5, 0.6) is 5.75 Å². The van der Waals surface area contributed by atoms with Crippen molar-refractivity contribution < 1.29 is 46.4 Å². The molecule has 316 valence electrons. The minimum atomic E-state index is -3.09. The molecule has 0 bridgehead atoms. The van der Waals surface area contributed by atoms with Crippen LogP contribution in [0.1, 0.15) is 64.7 Å². The predicted molar refractivity (Wildman–Crippen MR) is 219 cm³/mol. The molecule has 1 unspecified atom stereocenters. The number of amides is 3. The summed E-state index contributed by atoms with van der Waals surface area (Å²) in [5, 5.41) is 8.24. The van der Waals surface area contributed by atoms with Crippen molar-refractivity contribution in [2.24, 2.45) is 10.3 Å². The zero-order chi connectivity index (χ0) is 43.5. The standard InChI is InChI=1S/C42H50F2N6O8S/c1-25(2)38(49-40(53)58-42(4,5)6)39(52)47-26(3)34(51)16-13-27-9-11-28(12-10-27)23-57-41(54)50-59(8,55)24-29-17-18-45-36(19-29)48-37-21-32(33(44)22-46-37)31-15-14-30(43)20-35(31)56-7/h9-12,14-15,17-22,25-26,38H,13,16,23-24H2,1-8H3,(H,47,52)(H,49,53)(H,45,46,48)/t26-,38-,59?/m0/s1. The summed E-state index contributed by atoms with van der Waals surface area (Å²) in [7, 11) is -1.74. The van der Waals surface area contributed by atoms with Crippen LogP contribution in [0.25, 0.3) is 11.1 Å². The fourth-order valence-corrected chi connectivity index (χ4v) is 6.91. The van der Waals surface area contributed by atoms with Gasteiger partial charge in [0, 0.05) is 36.1 Å². The highest BCUT2D eigenvalue weighted by Gasteiger charge is 2.29. The fourth-order valence-electron chi connectivity index (χ4n) is 5.67. The lowest BCUT2D eigenvalue weighted by molar-refractivity contribution is -0.129. The van der Waals surface area contributed by atoms with Crippen molar-refractivity contribution in [2.45, 2.75) is 84.4 Å². The van der Waals surface area contributed by atoms with Crippen LogP contribution in [0.2, 0.25) is 0 Å². The summed E-state index contributed by atoms with van der Waals surface area (Å²) in [5.41, 5.74) is 1.73. The molecule has 2 heterocycles. The van der Waals surface area contributed by atoms with Crippen molar-refractivity contribution in [3.05, 3.63) is 101 Å². The van der Waals surface area contributed by atoms with Gasteiger partial charge in [-0.1, -0.05) is 38.1 Å². The van der Waals surface area contributed by atoms with E-state index in [0.29, 0.717) is 28.9 Å². The molecule has 17 heteroatoms. The molecule has 4 rings (SSSR count). The second kappa shape index (κ2) is 20.1. The average molecular weight is 837 g/mol. The number of aryl methyl sites for hydroxylation is 1. The van der Waals surface area contributed by atoms with Crippen molar-refractivity contribution in [1.29, 1.82) is 0 Å². The van der Waals surface area contributed by atoms with Crippen LogP contribution in [-0.4, -0.2) is 69.1 Å². The maximum Gasteiger partial charge on any atom is 0.442 e. The number of ketones is 1. The summed E-state index contributed by atoms with van der Waals surface area (Å²) in [5.74, 6) is -1.54. The van der Waals surface area contributed by atoms with Crippen molar-refractivity contribution in [1.82, 2.24) is 20.6 Å². The lowest BCUT2D eigenvalue weighted by Crippen LogP contribution is -2.53. The molecule has 3 N–H and O–H groups in total. The maximum absolute atomic E-state index is 14.8. The largest absolute Gasteiger partial charge is 0.496 e. The quantitative estimate of drug-likeness (QED) is 0.101. The number of hydrogen-bond donors (Lipinski definition) is 3. The average Bonchev–Trinajstić information content (AvgIpc) is 3.15. The zero-order valence-electron chi connectivity index (χ0n) is 34.3. The molecule has 0 aliphatic heterocycles. The van der Waals surface area contributed by atoms with Gasteiger partial charge in [0.15, 0.2) is 5.78 Å². The summed E-state index contributed by atoms with van der Waals surface area (Å²) in [6.07, 6.45) is 2.63. The van der Waals surface area contributed by atoms with E-state index in [4.69, 9.17) is 14.2 Å². The maximum atomic E-state index is 14.8. The lowest BCUT2D eigenvalue weighted by atomic mass is 10.0. The third-order valence-electron chi connectivity index (χ3n) is 8.60. The van der Waals surface area contributed by atoms with Crippen LogP contribution in [0.15, 0.2) is 77.4 Å². The number of nitrogens with one attached hydrogen (secondary N) is 3. The SMILES string of the molecule is COc1cc(F)ccc1-c1cc(Nc2cc(CS(C)(=O)=NC(=O)OCc3ccc(CCC(=O)[C@H](C)NC(=O)[C@@H](NC(=O)OC(C)(C)C)C(C)C)cc3)ccn2)ncc1F. The van der Waals surface area contributed by atoms with Gasteiger partial charge >= 0.3 is 12.2 Å². The Labute approximate surface area is 343 Å². The van der Waals surface area contributed by atoms with E-state index >= 15 is 0 Å². The van der Waals surface area contributed by atoms with Gasteiger partial charge in [0.05, 0.1) is 34.8 Å². The van der Waals surface area contributed by atoms with E-state index in [1.54, 1.807) is 77.9 Å². The van der Waals surface area contributed by atoms with E-state index in [2.05, 4.69) is 30.3 Å². The number of anilines is 2. The highest BCUT2D eigenvalue weighted by atomic mass is 32.2. The van der Waals surface area contributed by atoms with Crippen molar-refractivity contribution in [3.63, 3.8) is 0 Å². The normalized spacial score (nSPS) is 13.3. The summed E-state index contributed by atoms with van der Waals surface area (Å²) >= 11 is 0. The summed E-state index contributed by atoms with van der Waals surface area (Å²) in [6, 6.07) is 13.7. The third kappa shape index (κ3) is 14.4. The number of carbonyl (C=O) groups excluding carboxylic acids is 4. The van der Waals surface area contributed by atoms with Crippen molar-refractivity contribution in [2.75, 3.05) is 18.7 Å². The molecule has 14 nitrogen and oxygen atoms in total. The highest BCUT2D eigenvalue weighted by Crippen LogP contribution is 2.34. The Balaban J connectivity index is 1.27. The Kier molecular flexibility index (Phi) is 15.6. The molecular weight excluding hydrogens is 787 g/mol. The first-order valence-corrected chi connectivity index (χ1v) is 20.8. The number of rotatable bonds is 16. The molecule has 3 atom stereocenters. The first-order chi connectivity index (χ1) is 27.7. The van der Waals surface area contributed by atoms with E-state index in [1.165, 1.54) is 37.8 Å². The van der Waals surface area contributed by atoms with Crippen LogP contribution < -0.4 is 20.7 Å². The molecule has 3 amide bonds. The molecule has 0 fully saturated rings. The monoisotopic (exact) mass is 836 g/mol.